The number of nitrogens with zero attached hydrogens (tertiary/aromatic N) is 1. The zero-order valence-corrected chi connectivity index (χ0v) is 21.7. The number of carbonyl (C=O) groups excluding carboxylic acids is 2. The van der Waals surface area contributed by atoms with Gasteiger partial charge < -0.3 is 29.5 Å². The van der Waals surface area contributed by atoms with Crippen molar-refractivity contribution in [3.05, 3.63) is 58.7 Å². The van der Waals surface area contributed by atoms with Gasteiger partial charge in [0.05, 0.1) is 40.4 Å². The van der Waals surface area contributed by atoms with Crippen molar-refractivity contribution in [2.75, 3.05) is 40.9 Å². The first-order valence-electron chi connectivity index (χ1n) is 12.4. The summed E-state index contributed by atoms with van der Waals surface area (Å²) in [7, 11) is 5.45. The van der Waals surface area contributed by atoms with Gasteiger partial charge >= 0.3 is 0 Å². The second-order valence-corrected chi connectivity index (χ2v) is 9.40. The smallest absolute Gasteiger partial charge is 0.295 e. The van der Waals surface area contributed by atoms with Gasteiger partial charge in [-0.3, -0.25) is 9.59 Å². The minimum absolute atomic E-state index is 0.0678. The number of aromatic hydroxyl groups is 1. The molecule has 194 valence electrons. The Morgan fingerprint density at radius 3 is 2.50 bits per heavy atom. The molecule has 0 aliphatic carbocycles. The summed E-state index contributed by atoms with van der Waals surface area (Å²) in [6, 6.07) is 8.81. The number of likely N-dealkylation sites (tertiary alicyclic amines) is 1. The molecule has 8 heteroatoms. The molecule has 1 amide bonds. The fourth-order valence-electron chi connectivity index (χ4n) is 4.35. The molecular weight excluding hydrogens is 460 g/mol. The zero-order valence-electron chi connectivity index (χ0n) is 21.7. The number of amides is 1. The van der Waals surface area contributed by atoms with Gasteiger partial charge in [0.15, 0.2) is 11.5 Å². The van der Waals surface area contributed by atoms with Crippen molar-refractivity contribution >= 4 is 17.4 Å². The van der Waals surface area contributed by atoms with Crippen LogP contribution in [0.4, 0.5) is 0 Å². The maximum absolute atomic E-state index is 13.7. The number of rotatable bonds is 11. The van der Waals surface area contributed by atoms with Crippen LogP contribution in [0.2, 0.25) is 0 Å². The molecule has 1 unspecified atom stereocenters. The van der Waals surface area contributed by atoms with Gasteiger partial charge in [0, 0.05) is 18.5 Å². The fraction of sp³-hybridized carbons (Fsp3) is 0.429. The number of ketones is 1. The number of ether oxygens (including phenoxy) is 2. The van der Waals surface area contributed by atoms with Crippen LogP contribution in [0.3, 0.4) is 0 Å². The van der Waals surface area contributed by atoms with Gasteiger partial charge in [-0.15, -0.1) is 0 Å². The van der Waals surface area contributed by atoms with Crippen LogP contribution in [0.1, 0.15) is 48.9 Å². The molecule has 1 fully saturated rings. The highest BCUT2D eigenvalue weighted by molar-refractivity contribution is 6.46. The number of quaternary nitrogens is 1. The number of methoxy groups -OCH3 is 1. The topological polar surface area (TPSA) is 104 Å². The monoisotopic (exact) mass is 496 g/mol. The number of aryl methyl sites for hydroxylation is 1. The van der Waals surface area contributed by atoms with Crippen molar-refractivity contribution < 1.29 is 34.2 Å². The van der Waals surface area contributed by atoms with Crippen molar-refractivity contribution in [1.29, 1.82) is 0 Å². The van der Waals surface area contributed by atoms with Crippen LogP contribution in [-0.2, 0) is 9.59 Å². The Kier molecular flexibility index (Phi) is 8.98. The van der Waals surface area contributed by atoms with Gasteiger partial charge in [-0.25, -0.2) is 0 Å². The van der Waals surface area contributed by atoms with E-state index in [9.17, 15) is 19.8 Å². The Bertz CT molecular complexity index is 1140. The lowest BCUT2D eigenvalue weighted by Crippen LogP contribution is -3.05. The molecule has 1 aliphatic rings. The first-order valence-corrected chi connectivity index (χ1v) is 12.4. The summed E-state index contributed by atoms with van der Waals surface area (Å²) in [6.45, 7) is 5.64. The third-order valence-electron chi connectivity index (χ3n) is 6.32. The summed E-state index contributed by atoms with van der Waals surface area (Å²) >= 11 is 0. The molecule has 0 radical (unpaired) electrons. The third-order valence-corrected chi connectivity index (χ3v) is 6.32. The maximum atomic E-state index is 13.7. The molecule has 0 spiro atoms. The number of carbonyl (C=O) groups is 2. The van der Waals surface area contributed by atoms with Gasteiger partial charge in [-0.1, -0.05) is 31.2 Å². The zero-order chi connectivity index (χ0) is 26.4. The number of nitrogens with one attached hydrogen (secondary N) is 1. The molecular formula is C28H36N2O6. The van der Waals surface area contributed by atoms with Crippen LogP contribution in [-0.4, -0.2) is 62.6 Å². The summed E-state index contributed by atoms with van der Waals surface area (Å²) in [4.78, 5) is 29.0. The molecule has 36 heavy (non-hydrogen) atoms. The predicted molar refractivity (Wildman–Crippen MR) is 135 cm³/mol. The molecule has 1 saturated heterocycles. The number of phenols is 1. The van der Waals surface area contributed by atoms with Crippen molar-refractivity contribution in [3.8, 4) is 17.2 Å². The van der Waals surface area contributed by atoms with Gasteiger partial charge in [0.2, 0.25) is 5.78 Å². The lowest BCUT2D eigenvalue weighted by Gasteiger charge is -2.28. The van der Waals surface area contributed by atoms with E-state index in [1.807, 2.05) is 21.0 Å². The van der Waals surface area contributed by atoms with E-state index in [-0.39, 0.29) is 17.1 Å². The fourth-order valence-corrected chi connectivity index (χ4v) is 4.35. The van der Waals surface area contributed by atoms with Crippen molar-refractivity contribution in [1.82, 2.24) is 4.90 Å². The standard InChI is InChI=1S/C28H36N2O6/c1-6-7-15-36-22-12-10-20(16-18(22)2)26(32)24-25(19-9-11-21(31)23(17-19)35-5)30(28(34)27(24)33)14-8-13-29(3)4/h9-12,16-17,25,31-32H,6-8,13-15H2,1-5H3. The molecule has 2 aromatic carbocycles. The van der Waals surface area contributed by atoms with Crippen molar-refractivity contribution in [2.45, 2.75) is 39.2 Å². The third kappa shape index (κ3) is 5.82. The number of unbranched alkanes of at least 4 members (excludes halogenated alkanes) is 1. The highest BCUT2D eigenvalue weighted by Gasteiger charge is 2.44. The van der Waals surface area contributed by atoms with E-state index in [1.165, 1.54) is 23.0 Å². The van der Waals surface area contributed by atoms with E-state index in [1.54, 1.807) is 30.3 Å². The Morgan fingerprint density at radius 1 is 1.11 bits per heavy atom. The first kappa shape index (κ1) is 27.1. The molecule has 1 heterocycles. The summed E-state index contributed by atoms with van der Waals surface area (Å²) in [6.07, 6.45) is 2.61. The van der Waals surface area contributed by atoms with E-state index in [2.05, 4.69) is 6.92 Å². The van der Waals surface area contributed by atoms with Crippen LogP contribution < -0.4 is 19.5 Å². The van der Waals surface area contributed by atoms with Crippen molar-refractivity contribution in [2.24, 2.45) is 0 Å². The number of phenolic OH excluding ortho intramolecular Hbond substituents is 1. The van der Waals surface area contributed by atoms with Gasteiger partial charge in [0.1, 0.15) is 5.75 Å². The number of Topliss-reactive ketones (excluding diaryl/α,β-unsaturated/α-hetero) is 1. The molecule has 8 nitrogen and oxygen atoms in total. The molecule has 0 bridgehead atoms. The normalized spacial score (nSPS) is 17.2. The van der Waals surface area contributed by atoms with Crippen LogP contribution >= 0.6 is 0 Å². The summed E-state index contributed by atoms with van der Waals surface area (Å²) in [5, 5.41) is 23.8. The Morgan fingerprint density at radius 2 is 1.86 bits per heavy atom. The van der Waals surface area contributed by atoms with E-state index in [4.69, 9.17) is 9.47 Å². The van der Waals surface area contributed by atoms with Gasteiger partial charge in [0.25, 0.3) is 5.91 Å². The quantitative estimate of drug-likeness (QED) is 0.212. The molecule has 1 atom stereocenters. The van der Waals surface area contributed by atoms with E-state index in [0.29, 0.717) is 36.4 Å². The Hall–Kier alpha value is -3.52. The predicted octanol–water partition coefficient (Wildman–Crippen LogP) is 1.65. The number of hydrogen-bond acceptors (Lipinski definition) is 6. The van der Waals surface area contributed by atoms with Crippen molar-refractivity contribution in [3.63, 3.8) is 0 Å². The highest BCUT2D eigenvalue weighted by atomic mass is 16.5. The second kappa shape index (κ2) is 11.9. The molecule has 3 rings (SSSR count). The average molecular weight is 497 g/mol. The van der Waals surface area contributed by atoms with Crippen LogP contribution in [0.5, 0.6) is 17.2 Å². The number of hydrogen-bond donors (Lipinski definition) is 2. The Balaban J connectivity index is 2.07. The van der Waals surface area contributed by atoms with Gasteiger partial charge in [-0.2, -0.15) is 0 Å². The average Bonchev–Trinajstić information content (AvgIpc) is 3.10. The second-order valence-electron chi connectivity index (χ2n) is 9.40. The minimum Gasteiger partial charge on any atom is -0.872 e. The van der Waals surface area contributed by atoms with Crippen LogP contribution in [0.25, 0.3) is 5.76 Å². The molecule has 2 N–H and O–H groups in total. The lowest BCUT2D eigenvalue weighted by atomic mass is 9.94. The Labute approximate surface area is 212 Å². The summed E-state index contributed by atoms with van der Waals surface area (Å²) in [5.74, 6) is -1.16. The highest BCUT2D eigenvalue weighted by Crippen LogP contribution is 2.41. The lowest BCUT2D eigenvalue weighted by molar-refractivity contribution is -0.858. The number of benzene rings is 2. The summed E-state index contributed by atoms with van der Waals surface area (Å²) < 4.78 is 11.0. The van der Waals surface area contributed by atoms with E-state index < -0.39 is 23.5 Å². The van der Waals surface area contributed by atoms with E-state index >= 15 is 0 Å². The first-order chi connectivity index (χ1) is 17.2. The minimum atomic E-state index is -0.870. The molecule has 0 aromatic heterocycles. The van der Waals surface area contributed by atoms with E-state index in [0.717, 1.165) is 24.9 Å². The maximum Gasteiger partial charge on any atom is 0.295 e. The van der Waals surface area contributed by atoms with Crippen LogP contribution in [0, 0.1) is 6.92 Å². The summed E-state index contributed by atoms with van der Waals surface area (Å²) in [5.41, 5.74) is 1.54. The SMILES string of the molecule is CCCCOc1ccc(C([O-])=C2C(=O)C(=O)N(CCC[NH+](C)C)C2c2ccc(O)c(OC)c2)cc1C. The van der Waals surface area contributed by atoms with Crippen LogP contribution in [0.15, 0.2) is 42.0 Å². The largest absolute Gasteiger partial charge is 0.872 e. The molecule has 0 saturated carbocycles. The molecule has 1 aliphatic heterocycles. The molecule has 2 aromatic rings. The van der Waals surface area contributed by atoms with Gasteiger partial charge in [-0.05, 0) is 54.3 Å².